The number of likely N-dealkylation sites (tertiary alicyclic amines) is 1. The van der Waals surface area contributed by atoms with Crippen molar-refractivity contribution in [2.24, 2.45) is 28.9 Å². The average molecular weight is 506 g/mol. The second kappa shape index (κ2) is 10.4. The van der Waals surface area contributed by atoms with E-state index in [0.29, 0.717) is 13.0 Å². The molecule has 2 aliphatic carbocycles. The van der Waals surface area contributed by atoms with Crippen LogP contribution in [0.1, 0.15) is 80.1 Å². The highest BCUT2D eigenvalue weighted by molar-refractivity contribution is 6.37. The van der Waals surface area contributed by atoms with Crippen LogP contribution in [0, 0.1) is 23.2 Å². The van der Waals surface area contributed by atoms with E-state index in [2.05, 4.69) is 16.0 Å². The van der Waals surface area contributed by atoms with E-state index in [1.165, 1.54) is 0 Å². The van der Waals surface area contributed by atoms with Gasteiger partial charge in [0, 0.05) is 12.1 Å². The zero-order valence-corrected chi connectivity index (χ0v) is 22.5. The Hall–Kier alpha value is -2.65. The highest BCUT2D eigenvalue weighted by atomic mass is 16.2. The fraction of sp³-hybridized carbons (Fsp3) is 0.808. The Balaban J connectivity index is 1.80. The number of hydrogen-bond donors (Lipinski definition) is 4. The van der Waals surface area contributed by atoms with Crippen molar-refractivity contribution in [2.45, 2.75) is 104 Å². The first-order chi connectivity index (χ1) is 16.6. The highest BCUT2D eigenvalue weighted by Crippen LogP contribution is 2.45. The molecule has 1 aliphatic heterocycles. The minimum atomic E-state index is -1.07. The molecule has 5 atom stereocenters. The van der Waals surface area contributed by atoms with Gasteiger partial charge in [0.2, 0.25) is 17.6 Å². The van der Waals surface area contributed by atoms with Crippen molar-refractivity contribution < 1.29 is 24.0 Å². The number of carbonyl (C=O) groups is 5. The minimum Gasteiger partial charge on any atom is -0.363 e. The maximum Gasteiger partial charge on any atom is 0.315 e. The summed E-state index contributed by atoms with van der Waals surface area (Å²) in [6.45, 7) is 11.6. The zero-order chi connectivity index (χ0) is 27.0. The number of hydrogen-bond acceptors (Lipinski definition) is 5. The first-order valence-corrected chi connectivity index (χ1v) is 13.1. The summed E-state index contributed by atoms with van der Waals surface area (Å²) >= 11 is 0. The molecule has 0 aromatic rings. The highest BCUT2D eigenvalue weighted by Gasteiger charge is 2.54. The second-order valence-corrected chi connectivity index (χ2v) is 12.9. The maximum atomic E-state index is 13.9. The van der Waals surface area contributed by atoms with Gasteiger partial charge in [-0.2, -0.15) is 0 Å². The van der Waals surface area contributed by atoms with Gasteiger partial charge in [-0.05, 0) is 63.2 Å². The third kappa shape index (κ3) is 6.37. The van der Waals surface area contributed by atoms with Crippen molar-refractivity contribution in [2.75, 3.05) is 6.54 Å². The third-order valence-electron chi connectivity index (χ3n) is 7.75. The van der Waals surface area contributed by atoms with Crippen LogP contribution in [0.3, 0.4) is 0 Å². The van der Waals surface area contributed by atoms with Gasteiger partial charge in [0.05, 0.1) is 6.04 Å². The van der Waals surface area contributed by atoms with Gasteiger partial charge in [0.1, 0.15) is 12.1 Å². The molecule has 36 heavy (non-hydrogen) atoms. The Bertz CT molecular complexity index is 901. The molecule has 3 rings (SSSR count). The predicted molar refractivity (Wildman–Crippen MR) is 134 cm³/mol. The number of nitrogens with one attached hydrogen (secondary N) is 3. The van der Waals surface area contributed by atoms with Gasteiger partial charge in [0.15, 0.2) is 0 Å². The molecule has 202 valence electrons. The fourth-order valence-corrected chi connectivity index (χ4v) is 5.44. The molecule has 1 heterocycles. The van der Waals surface area contributed by atoms with Crippen LogP contribution in [-0.4, -0.2) is 64.6 Å². The van der Waals surface area contributed by atoms with Crippen LogP contribution in [0.4, 0.5) is 4.79 Å². The van der Waals surface area contributed by atoms with Crippen LogP contribution < -0.4 is 21.7 Å². The van der Waals surface area contributed by atoms with E-state index < -0.39 is 52.7 Å². The molecule has 10 heteroatoms. The SMILES string of the molecule is CC(C)(C)NC(=O)NC(C(=O)N1C[C@@H]2CC[C@@H]2[C@H]1C(=O)NC(CC1CCC1)C(=O)C(N)=O)C(C)(C)C. The number of fused-ring (bicyclic) bond motifs is 1. The maximum absolute atomic E-state index is 13.9. The predicted octanol–water partition coefficient (Wildman–Crippen LogP) is 1.47. The number of nitrogens with two attached hydrogens (primary N) is 1. The quantitative estimate of drug-likeness (QED) is 0.368. The third-order valence-corrected chi connectivity index (χ3v) is 7.75. The van der Waals surface area contributed by atoms with E-state index in [1.54, 1.807) is 4.90 Å². The van der Waals surface area contributed by atoms with E-state index in [1.807, 2.05) is 41.5 Å². The Morgan fingerprint density at radius 1 is 0.944 bits per heavy atom. The number of ketones is 1. The number of rotatable bonds is 8. The normalized spacial score (nSPS) is 25.5. The summed E-state index contributed by atoms with van der Waals surface area (Å²) < 4.78 is 0. The van der Waals surface area contributed by atoms with Crippen LogP contribution in [-0.2, 0) is 19.2 Å². The lowest BCUT2D eigenvalue weighted by Gasteiger charge is -2.37. The zero-order valence-electron chi connectivity index (χ0n) is 22.5. The van der Waals surface area contributed by atoms with Gasteiger partial charge < -0.3 is 26.6 Å². The van der Waals surface area contributed by atoms with Crippen LogP contribution in [0.25, 0.3) is 0 Å². The molecular weight excluding hydrogens is 462 g/mol. The lowest BCUT2D eigenvalue weighted by Crippen LogP contribution is -2.61. The van der Waals surface area contributed by atoms with Crippen molar-refractivity contribution in [1.82, 2.24) is 20.9 Å². The van der Waals surface area contributed by atoms with Crippen molar-refractivity contribution in [3.63, 3.8) is 0 Å². The Kier molecular flexibility index (Phi) is 8.05. The summed E-state index contributed by atoms with van der Waals surface area (Å²) in [5, 5.41) is 8.43. The van der Waals surface area contributed by atoms with Gasteiger partial charge in [-0.3, -0.25) is 19.2 Å². The molecule has 2 saturated carbocycles. The molecule has 3 aliphatic rings. The molecule has 5 amide bonds. The Morgan fingerprint density at radius 3 is 2.03 bits per heavy atom. The fourth-order valence-electron chi connectivity index (χ4n) is 5.44. The topological polar surface area (TPSA) is 151 Å². The molecule has 0 aromatic carbocycles. The standard InChI is InChI=1S/C26H43N5O5/c1-25(2,3)20(29-24(36)30-26(4,5)6)23(35)31-13-15-10-11-16(15)18(31)22(34)28-17(19(32)21(27)33)12-14-8-7-9-14/h14-18,20H,7-13H2,1-6H3,(H2,27,33)(H,28,34)(H2,29,30,36)/t15-,16-,17?,18-,20?/m0/s1. The average Bonchev–Trinajstić information content (AvgIpc) is 2.94. The molecule has 0 aromatic heterocycles. The number of amides is 5. The van der Waals surface area contributed by atoms with Crippen LogP contribution >= 0.6 is 0 Å². The summed E-state index contributed by atoms with van der Waals surface area (Å²) in [4.78, 5) is 65.8. The molecule has 0 bridgehead atoms. The number of primary amides is 1. The van der Waals surface area contributed by atoms with Crippen LogP contribution in [0.2, 0.25) is 0 Å². The van der Waals surface area contributed by atoms with E-state index >= 15 is 0 Å². The van der Waals surface area contributed by atoms with Crippen molar-refractivity contribution in [1.29, 1.82) is 0 Å². The number of urea groups is 1. The summed E-state index contributed by atoms with van der Waals surface area (Å²) in [6, 6.07) is -3.04. The summed E-state index contributed by atoms with van der Waals surface area (Å²) in [5.41, 5.74) is 4.18. The Morgan fingerprint density at radius 2 is 1.58 bits per heavy atom. The van der Waals surface area contributed by atoms with Gasteiger partial charge in [-0.15, -0.1) is 0 Å². The van der Waals surface area contributed by atoms with E-state index in [-0.39, 0.29) is 23.7 Å². The van der Waals surface area contributed by atoms with Crippen molar-refractivity contribution in [3.8, 4) is 0 Å². The first-order valence-electron chi connectivity index (χ1n) is 13.1. The number of Topliss-reactive ketones (excluding diaryl/α,β-unsaturated/α-hetero) is 1. The largest absolute Gasteiger partial charge is 0.363 e. The smallest absolute Gasteiger partial charge is 0.315 e. The minimum absolute atomic E-state index is 0.00833. The van der Waals surface area contributed by atoms with E-state index in [9.17, 15) is 24.0 Å². The molecule has 2 unspecified atom stereocenters. The van der Waals surface area contributed by atoms with Gasteiger partial charge in [-0.25, -0.2) is 4.79 Å². The van der Waals surface area contributed by atoms with E-state index in [0.717, 1.165) is 32.1 Å². The first kappa shape index (κ1) is 27.9. The second-order valence-electron chi connectivity index (χ2n) is 12.9. The monoisotopic (exact) mass is 505 g/mol. The van der Waals surface area contributed by atoms with Gasteiger partial charge >= 0.3 is 6.03 Å². The van der Waals surface area contributed by atoms with Gasteiger partial charge in [0.25, 0.3) is 5.91 Å². The van der Waals surface area contributed by atoms with E-state index in [4.69, 9.17) is 5.73 Å². The molecule has 10 nitrogen and oxygen atoms in total. The lowest BCUT2D eigenvalue weighted by atomic mass is 9.72. The number of nitrogens with zero attached hydrogens (tertiary/aromatic N) is 1. The molecule has 5 N–H and O–H groups in total. The number of carbonyl (C=O) groups excluding carboxylic acids is 5. The molecular formula is C26H43N5O5. The molecule has 0 radical (unpaired) electrons. The van der Waals surface area contributed by atoms with Gasteiger partial charge in [-0.1, -0.05) is 40.0 Å². The van der Waals surface area contributed by atoms with Crippen molar-refractivity contribution in [3.05, 3.63) is 0 Å². The molecule has 1 saturated heterocycles. The van der Waals surface area contributed by atoms with Crippen LogP contribution in [0.15, 0.2) is 0 Å². The summed E-state index contributed by atoms with van der Waals surface area (Å²) in [6.07, 6.45) is 5.07. The summed E-state index contributed by atoms with van der Waals surface area (Å²) in [5.74, 6) is -2.16. The van der Waals surface area contributed by atoms with Crippen molar-refractivity contribution >= 4 is 29.5 Å². The lowest BCUT2D eigenvalue weighted by molar-refractivity contribution is -0.144. The molecule has 3 fully saturated rings. The molecule has 0 spiro atoms. The Labute approximate surface area is 213 Å². The van der Waals surface area contributed by atoms with Crippen LogP contribution in [0.5, 0.6) is 0 Å². The summed E-state index contributed by atoms with van der Waals surface area (Å²) in [7, 11) is 0.